The van der Waals surface area contributed by atoms with Crippen molar-refractivity contribution in [2.45, 2.75) is 58.8 Å². The van der Waals surface area contributed by atoms with Crippen molar-refractivity contribution in [2.24, 2.45) is 0 Å². The van der Waals surface area contributed by atoms with E-state index in [9.17, 15) is 40.2 Å². The second-order valence-electron chi connectivity index (χ2n) is 7.49. The molecule has 0 saturated carbocycles. The number of phenols is 6. The van der Waals surface area contributed by atoms with Crippen molar-refractivity contribution in [2.75, 3.05) is 0 Å². The first-order valence-corrected chi connectivity index (χ1v) is 10.2. The van der Waals surface area contributed by atoms with E-state index in [0.717, 1.165) is 12.8 Å². The second-order valence-corrected chi connectivity index (χ2v) is 7.49. The molecule has 0 fully saturated rings. The zero-order valence-electron chi connectivity index (χ0n) is 17.6. The molecule has 0 bridgehead atoms. The smallest absolute Gasteiger partial charge is 0.201 e. The van der Waals surface area contributed by atoms with Crippen LogP contribution >= 0.6 is 0 Å². The third-order valence-corrected chi connectivity index (χ3v) is 5.15. The molecule has 168 valence electrons. The minimum Gasteiger partial charge on any atom is -0.504 e. The third-order valence-electron chi connectivity index (χ3n) is 5.15. The van der Waals surface area contributed by atoms with Gasteiger partial charge in [0.05, 0.1) is 11.1 Å². The fourth-order valence-corrected chi connectivity index (χ4v) is 3.25. The Morgan fingerprint density at radius 1 is 0.613 bits per heavy atom. The average Bonchev–Trinajstić information content (AvgIpc) is 2.76. The molecule has 0 radical (unpaired) electrons. The summed E-state index contributed by atoms with van der Waals surface area (Å²) < 4.78 is 0. The molecular weight excluding hydrogens is 404 g/mol. The maximum atomic E-state index is 12.4. The van der Waals surface area contributed by atoms with E-state index in [4.69, 9.17) is 0 Å². The van der Waals surface area contributed by atoms with Crippen LogP contribution in [0.15, 0.2) is 12.1 Å². The van der Waals surface area contributed by atoms with E-state index < -0.39 is 46.1 Å². The molecule has 0 aliphatic rings. The Morgan fingerprint density at radius 2 is 0.968 bits per heavy atom. The minimum atomic E-state index is -0.876. The van der Waals surface area contributed by atoms with Gasteiger partial charge in [0.1, 0.15) is 0 Å². The summed E-state index contributed by atoms with van der Waals surface area (Å²) in [5, 5.41) is 60.8. The number of carbonyl (C=O) groups is 2. The molecule has 0 spiro atoms. The van der Waals surface area contributed by atoms with Crippen molar-refractivity contribution in [1.82, 2.24) is 0 Å². The number of hydrogen-bond donors (Lipinski definition) is 6. The number of carbonyl (C=O) groups excluding carboxylic acids is 2. The van der Waals surface area contributed by atoms with Crippen molar-refractivity contribution in [3.63, 3.8) is 0 Å². The number of Topliss-reactive ketones (excluding diaryl/α,β-unsaturated/α-hetero) is 2. The largest absolute Gasteiger partial charge is 0.504 e. The highest BCUT2D eigenvalue weighted by atomic mass is 16.3. The summed E-state index contributed by atoms with van der Waals surface area (Å²) in [4.78, 5) is 24.8. The molecule has 8 heteroatoms. The van der Waals surface area contributed by atoms with Gasteiger partial charge in [0.25, 0.3) is 0 Å². The normalized spacial score (nSPS) is 10.9. The molecule has 0 aliphatic carbocycles. The van der Waals surface area contributed by atoms with Crippen LogP contribution in [-0.2, 0) is 6.42 Å². The molecule has 0 heterocycles. The Balaban J connectivity index is 2.52. The summed E-state index contributed by atoms with van der Waals surface area (Å²) in [6, 6.07) is 2.40. The van der Waals surface area contributed by atoms with Gasteiger partial charge in [0, 0.05) is 30.4 Å². The van der Waals surface area contributed by atoms with Crippen molar-refractivity contribution in [3.8, 4) is 34.5 Å². The van der Waals surface area contributed by atoms with Crippen LogP contribution in [0.5, 0.6) is 34.5 Å². The Kier molecular flexibility index (Phi) is 7.74. The van der Waals surface area contributed by atoms with E-state index in [1.165, 1.54) is 12.1 Å². The fourth-order valence-electron chi connectivity index (χ4n) is 3.25. The summed E-state index contributed by atoms with van der Waals surface area (Å²) in [5.41, 5.74) is -0.383. The molecule has 0 unspecified atom stereocenters. The van der Waals surface area contributed by atoms with Crippen LogP contribution in [-0.4, -0.2) is 42.2 Å². The number of aromatic hydroxyl groups is 6. The van der Waals surface area contributed by atoms with E-state index >= 15 is 0 Å². The van der Waals surface area contributed by atoms with Crippen LogP contribution in [0.1, 0.15) is 84.2 Å². The van der Waals surface area contributed by atoms with Crippen molar-refractivity contribution in [1.29, 1.82) is 0 Å². The number of benzene rings is 2. The van der Waals surface area contributed by atoms with Gasteiger partial charge in [-0.25, -0.2) is 0 Å². The fraction of sp³-hybridized carbons (Fsp3) is 0.391. The zero-order chi connectivity index (χ0) is 23.3. The van der Waals surface area contributed by atoms with Gasteiger partial charge in [-0.3, -0.25) is 9.59 Å². The molecule has 0 amide bonds. The van der Waals surface area contributed by atoms with Gasteiger partial charge >= 0.3 is 0 Å². The molecule has 6 N–H and O–H groups in total. The summed E-state index contributed by atoms with van der Waals surface area (Å²) in [5.74, 6) is -5.48. The van der Waals surface area contributed by atoms with Gasteiger partial charge in [0.2, 0.25) is 11.5 Å². The molecule has 0 aliphatic heterocycles. The van der Waals surface area contributed by atoms with Crippen molar-refractivity contribution >= 4 is 11.6 Å². The highest BCUT2D eigenvalue weighted by molar-refractivity contribution is 6.01. The summed E-state index contributed by atoms with van der Waals surface area (Å²) in [6.45, 7) is 3.79. The lowest BCUT2D eigenvalue weighted by molar-refractivity contribution is 0.0968. The van der Waals surface area contributed by atoms with Crippen molar-refractivity contribution in [3.05, 3.63) is 34.4 Å². The van der Waals surface area contributed by atoms with E-state index in [0.29, 0.717) is 12.8 Å². The zero-order valence-corrected chi connectivity index (χ0v) is 17.6. The highest BCUT2D eigenvalue weighted by Crippen LogP contribution is 2.45. The second kappa shape index (κ2) is 10.1. The lowest BCUT2D eigenvalue weighted by atomic mass is 9.94. The van der Waals surface area contributed by atoms with E-state index in [-0.39, 0.29) is 41.5 Å². The quantitative estimate of drug-likeness (QED) is 0.240. The highest BCUT2D eigenvalue weighted by Gasteiger charge is 2.25. The van der Waals surface area contributed by atoms with Crippen LogP contribution in [0.2, 0.25) is 0 Å². The maximum Gasteiger partial charge on any atom is 0.201 e. The SMILES string of the molecule is CCCCC(=O)c1cc(Cc2cc(C(=O)CCCC)c(O)c(O)c2O)c(O)c(O)c1O. The topological polar surface area (TPSA) is 156 Å². The summed E-state index contributed by atoms with van der Waals surface area (Å²) in [7, 11) is 0. The predicted octanol–water partition coefficient (Wildman–Crippen LogP) is 4.26. The first-order chi connectivity index (χ1) is 14.6. The lowest BCUT2D eigenvalue weighted by Crippen LogP contribution is -2.04. The van der Waals surface area contributed by atoms with Crippen LogP contribution in [0.3, 0.4) is 0 Å². The Hall–Kier alpha value is -3.42. The number of ketones is 2. The standard InChI is InChI=1S/C23H28O8/c1-3-5-7-16(24)14-10-12(18(26)22(30)20(14)28)9-13-11-15(17(25)8-6-4-2)21(29)23(31)19(13)27/h10-11,26-31H,3-9H2,1-2H3. The van der Waals surface area contributed by atoms with Crippen molar-refractivity contribution < 1.29 is 40.2 Å². The first kappa shape index (κ1) is 23.9. The summed E-state index contributed by atoms with van der Waals surface area (Å²) >= 11 is 0. The van der Waals surface area contributed by atoms with Crippen LogP contribution < -0.4 is 0 Å². The molecule has 2 aromatic carbocycles. The monoisotopic (exact) mass is 432 g/mol. The molecule has 0 aromatic heterocycles. The molecule has 0 atom stereocenters. The Labute approximate surface area is 180 Å². The Morgan fingerprint density at radius 3 is 1.29 bits per heavy atom. The number of unbranched alkanes of at least 4 members (excludes halogenated alkanes) is 2. The van der Waals surface area contributed by atoms with Gasteiger partial charge in [0.15, 0.2) is 34.6 Å². The van der Waals surface area contributed by atoms with Crippen LogP contribution in [0, 0.1) is 0 Å². The summed E-state index contributed by atoms with van der Waals surface area (Å²) in [6.07, 6.45) is 2.62. The predicted molar refractivity (Wildman–Crippen MR) is 113 cm³/mol. The van der Waals surface area contributed by atoms with Gasteiger partial charge < -0.3 is 30.6 Å². The number of rotatable bonds is 10. The van der Waals surface area contributed by atoms with Crippen LogP contribution in [0.4, 0.5) is 0 Å². The molecule has 8 nitrogen and oxygen atoms in total. The Bertz CT molecular complexity index is 915. The minimum absolute atomic E-state index is 0.0116. The first-order valence-electron chi connectivity index (χ1n) is 10.2. The molecule has 2 rings (SSSR count). The average molecular weight is 432 g/mol. The molecular formula is C23H28O8. The van der Waals surface area contributed by atoms with Gasteiger partial charge in [-0.15, -0.1) is 0 Å². The van der Waals surface area contributed by atoms with E-state index in [2.05, 4.69) is 0 Å². The van der Waals surface area contributed by atoms with Gasteiger partial charge in [-0.2, -0.15) is 0 Å². The van der Waals surface area contributed by atoms with Crippen LogP contribution in [0.25, 0.3) is 0 Å². The van der Waals surface area contributed by atoms with Gasteiger partial charge in [-0.05, 0) is 25.0 Å². The van der Waals surface area contributed by atoms with E-state index in [1.807, 2.05) is 13.8 Å². The molecule has 2 aromatic rings. The maximum absolute atomic E-state index is 12.4. The third kappa shape index (κ3) is 5.02. The number of hydrogen-bond acceptors (Lipinski definition) is 8. The lowest BCUT2D eigenvalue weighted by Gasteiger charge is -2.15. The van der Waals surface area contributed by atoms with Gasteiger partial charge in [-0.1, -0.05) is 26.7 Å². The molecule has 0 saturated heterocycles. The van der Waals surface area contributed by atoms with E-state index in [1.54, 1.807) is 0 Å². The molecule has 31 heavy (non-hydrogen) atoms. The number of phenolic OH excluding ortho intramolecular Hbond substituents is 6.